The summed E-state index contributed by atoms with van der Waals surface area (Å²) in [6, 6.07) is 15.0. The molecule has 0 bridgehead atoms. The SMILES string of the molecule is COc1ccc(Nc2ncc(C(N)=O)c(Nc3ccccc3)n2)c(C)c1. The van der Waals surface area contributed by atoms with E-state index in [1.165, 1.54) is 6.20 Å². The maximum absolute atomic E-state index is 11.7. The summed E-state index contributed by atoms with van der Waals surface area (Å²) in [6.07, 6.45) is 1.40. The minimum atomic E-state index is -0.601. The van der Waals surface area contributed by atoms with Crippen molar-refractivity contribution in [3.05, 3.63) is 65.9 Å². The Kier molecular flexibility index (Phi) is 4.98. The van der Waals surface area contributed by atoms with Gasteiger partial charge in [-0.25, -0.2) is 4.98 Å². The zero-order chi connectivity index (χ0) is 18.5. The van der Waals surface area contributed by atoms with Gasteiger partial charge in [0.2, 0.25) is 5.95 Å². The molecule has 26 heavy (non-hydrogen) atoms. The summed E-state index contributed by atoms with van der Waals surface area (Å²) in [6.45, 7) is 1.95. The summed E-state index contributed by atoms with van der Waals surface area (Å²) in [5, 5.41) is 6.25. The van der Waals surface area contributed by atoms with E-state index in [-0.39, 0.29) is 5.56 Å². The van der Waals surface area contributed by atoms with Gasteiger partial charge in [-0.3, -0.25) is 4.79 Å². The number of ether oxygens (including phenoxy) is 1. The zero-order valence-corrected chi connectivity index (χ0v) is 14.5. The lowest BCUT2D eigenvalue weighted by Crippen LogP contribution is -2.15. The van der Waals surface area contributed by atoms with Crippen LogP contribution in [0, 0.1) is 6.92 Å². The Labute approximate surface area is 151 Å². The molecule has 0 atom stereocenters. The number of rotatable bonds is 6. The van der Waals surface area contributed by atoms with Crippen molar-refractivity contribution in [3.8, 4) is 5.75 Å². The largest absolute Gasteiger partial charge is 0.497 e. The number of methoxy groups -OCH3 is 1. The van der Waals surface area contributed by atoms with Crippen LogP contribution in [0.4, 0.5) is 23.1 Å². The quantitative estimate of drug-likeness (QED) is 0.630. The minimum absolute atomic E-state index is 0.214. The third-order valence-electron chi connectivity index (χ3n) is 3.77. The predicted octanol–water partition coefficient (Wildman–Crippen LogP) is 3.38. The smallest absolute Gasteiger partial charge is 0.254 e. The van der Waals surface area contributed by atoms with Gasteiger partial charge in [0.05, 0.1) is 7.11 Å². The molecule has 132 valence electrons. The number of hydrogen-bond donors (Lipinski definition) is 3. The first-order chi connectivity index (χ1) is 12.6. The molecule has 1 heterocycles. The van der Waals surface area contributed by atoms with E-state index in [9.17, 15) is 4.79 Å². The van der Waals surface area contributed by atoms with Crippen molar-refractivity contribution >= 4 is 29.0 Å². The first-order valence-corrected chi connectivity index (χ1v) is 7.97. The molecule has 7 heteroatoms. The molecule has 0 spiro atoms. The van der Waals surface area contributed by atoms with Crippen molar-refractivity contribution < 1.29 is 9.53 Å². The van der Waals surface area contributed by atoms with Crippen molar-refractivity contribution in [1.82, 2.24) is 9.97 Å². The normalized spacial score (nSPS) is 10.2. The van der Waals surface area contributed by atoms with Crippen LogP contribution in [-0.4, -0.2) is 23.0 Å². The lowest BCUT2D eigenvalue weighted by atomic mass is 10.2. The zero-order valence-electron chi connectivity index (χ0n) is 14.5. The van der Waals surface area contributed by atoms with Gasteiger partial charge in [-0.1, -0.05) is 18.2 Å². The molecule has 7 nitrogen and oxygen atoms in total. The number of aryl methyl sites for hydroxylation is 1. The number of aromatic nitrogens is 2. The number of benzene rings is 2. The molecule has 0 saturated carbocycles. The number of hydrogen-bond acceptors (Lipinski definition) is 6. The van der Waals surface area contributed by atoms with Crippen LogP contribution < -0.4 is 21.1 Å². The highest BCUT2D eigenvalue weighted by Crippen LogP contribution is 2.25. The summed E-state index contributed by atoms with van der Waals surface area (Å²) in [4.78, 5) is 20.3. The highest BCUT2D eigenvalue weighted by molar-refractivity contribution is 5.98. The molecule has 0 radical (unpaired) electrons. The molecule has 2 aromatic carbocycles. The summed E-state index contributed by atoms with van der Waals surface area (Å²) in [5.41, 5.74) is 8.25. The number of carbonyl (C=O) groups is 1. The van der Waals surface area contributed by atoms with Crippen LogP contribution in [0.1, 0.15) is 15.9 Å². The minimum Gasteiger partial charge on any atom is -0.497 e. The van der Waals surface area contributed by atoms with Crippen molar-refractivity contribution in [2.24, 2.45) is 5.73 Å². The van der Waals surface area contributed by atoms with Gasteiger partial charge in [-0.15, -0.1) is 0 Å². The molecule has 0 aliphatic heterocycles. The molecule has 0 fully saturated rings. The van der Waals surface area contributed by atoms with Gasteiger partial charge in [0.25, 0.3) is 5.91 Å². The van der Waals surface area contributed by atoms with E-state index in [4.69, 9.17) is 10.5 Å². The number of nitrogens with two attached hydrogens (primary N) is 1. The van der Waals surface area contributed by atoms with Gasteiger partial charge in [0, 0.05) is 17.6 Å². The predicted molar refractivity (Wildman–Crippen MR) is 101 cm³/mol. The second-order valence-corrected chi connectivity index (χ2v) is 5.62. The Morgan fingerprint density at radius 2 is 1.88 bits per heavy atom. The van der Waals surface area contributed by atoms with E-state index >= 15 is 0 Å². The van der Waals surface area contributed by atoms with Crippen LogP contribution in [0.25, 0.3) is 0 Å². The van der Waals surface area contributed by atoms with Gasteiger partial charge in [-0.2, -0.15) is 4.98 Å². The van der Waals surface area contributed by atoms with Crippen LogP contribution in [0.2, 0.25) is 0 Å². The van der Waals surface area contributed by atoms with Crippen LogP contribution in [0.15, 0.2) is 54.7 Å². The Balaban J connectivity index is 1.91. The number of amides is 1. The standard InChI is InChI=1S/C19H19N5O2/c1-12-10-14(26-2)8-9-16(12)23-19-21-11-15(17(20)25)18(24-19)22-13-6-4-3-5-7-13/h3-11H,1-2H3,(H2,20,25)(H2,21,22,23,24). The number of primary amides is 1. The number of nitrogens with zero attached hydrogens (tertiary/aromatic N) is 2. The van der Waals surface area contributed by atoms with Gasteiger partial charge in [-0.05, 0) is 42.8 Å². The average Bonchev–Trinajstić information content (AvgIpc) is 2.64. The third kappa shape index (κ3) is 3.89. The van der Waals surface area contributed by atoms with Crippen LogP contribution in [0.3, 0.4) is 0 Å². The van der Waals surface area contributed by atoms with Crippen LogP contribution in [-0.2, 0) is 0 Å². The molecule has 4 N–H and O–H groups in total. The fraction of sp³-hybridized carbons (Fsp3) is 0.105. The van der Waals surface area contributed by atoms with E-state index in [2.05, 4.69) is 20.6 Å². The number of nitrogens with one attached hydrogen (secondary N) is 2. The lowest BCUT2D eigenvalue weighted by Gasteiger charge is -2.13. The topological polar surface area (TPSA) is 102 Å². The lowest BCUT2D eigenvalue weighted by molar-refractivity contribution is 0.100. The van der Waals surface area contributed by atoms with E-state index < -0.39 is 5.91 Å². The summed E-state index contributed by atoms with van der Waals surface area (Å²) in [5.74, 6) is 0.856. The number of carbonyl (C=O) groups excluding carboxylic acids is 1. The van der Waals surface area contributed by atoms with Gasteiger partial charge < -0.3 is 21.1 Å². The summed E-state index contributed by atoms with van der Waals surface area (Å²) >= 11 is 0. The van der Waals surface area contributed by atoms with E-state index in [1.54, 1.807) is 7.11 Å². The Hall–Kier alpha value is -3.61. The highest BCUT2D eigenvalue weighted by atomic mass is 16.5. The van der Waals surface area contributed by atoms with Crippen molar-refractivity contribution in [2.45, 2.75) is 6.92 Å². The fourth-order valence-electron chi connectivity index (χ4n) is 2.40. The van der Waals surface area contributed by atoms with E-state index in [0.717, 1.165) is 22.7 Å². The molecule has 3 aromatic rings. The Morgan fingerprint density at radius 1 is 1.12 bits per heavy atom. The molecule has 1 aromatic heterocycles. The molecule has 0 saturated heterocycles. The van der Waals surface area contributed by atoms with Gasteiger partial charge in [0.1, 0.15) is 17.1 Å². The molecule has 0 aliphatic rings. The molecule has 3 rings (SSSR count). The average molecular weight is 349 g/mol. The Morgan fingerprint density at radius 3 is 2.54 bits per heavy atom. The van der Waals surface area contributed by atoms with Crippen molar-refractivity contribution in [3.63, 3.8) is 0 Å². The molecular formula is C19H19N5O2. The van der Waals surface area contributed by atoms with Crippen molar-refractivity contribution in [1.29, 1.82) is 0 Å². The molecule has 1 amide bonds. The molecule has 0 unspecified atom stereocenters. The van der Waals surface area contributed by atoms with Crippen molar-refractivity contribution in [2.75, 3.05) is 17.7 Å². The van der Waals surface area contributed by atoms with Crippen LogP contribution in [0.5, 0.6) is 5.75 Å². The van der Waals surface area contributed by atoms with E-state index in [1.807, 2.05) is 55.5 Å². The third-order valence-corrected chi connectivity index (χ3v) is 3.77. The second-order valence-electron chi connectivity index (χ2n) is 5.62. The monoisotopic (exact) mass is 349 g/mol. The first kappa shape index (κ1) is 17.2. The maximum Gasteiger partial charge on any atom is 0.254 e. The highest BCUT2D eigenvalue weighted by Gasteiger charge is 2.13. The summed E-state index contributed by atoms with van der Waals surface area (Å²) < 4.78 is 5.21. The first-order valence-electron chi connectivity index (χ1n) is 7.97. The van der Waals surface area contributed by atoms with E-state index in [0.29, 0.717) is 11.8 Å². The number of anilines is 4. The molecular weight excluding hydrogens is 330 g/mol. The Bertz CT molecular complexity index is 928. The second kappa shape index (κ2) is 7.52. The number of para-hydroxylation sites is 1. The maximum atomic E-state index is 11.7. The van der Waals surface area contributed by atoms with Gasteiger partial charge in [0.15, 0.2) is 0 Å². The van der Waals surface area contributed by atoms with Crippen LogP contribution >= 0.6 is 0 Å². The summed E-state index contributed by atoms with van der Waals surface area (Å²) in [7, 11) is 1.62. The van der Waals surface area contributed by atoms with Gasteiger partial charge >= 0.3 is 0 Å². The molecule has 0 aliphatic carbocycles. The fourth-order valence-corrected chi connectivity index (χ4v) is 2.40.